The van der Waals surface area contributed by atoms with E-state index in [9.17, 15) is 19.8 Å². The number of aliphatic hydroxyl groups is 2. The molecule has 2 atom stereocenters. The molecule has 0 aliphatic carbocycles. The van der Waals surface area contributed by atoms with E-state index in [-0.39, 0.29) is 18.7 Å². The van der Waals surface area contributed by atoms with E-state index in [2.05, 4.69) is 15.0 Å². The number of methoxy groups -OCH3 is 1. The summed E-state index contributed by atoms with van der Waals surface area (Å²) >= 11 is 0. The minimum atomic E-state index is -1.19. The predicted molar refractivity (Wildman–Crippen MR) is 85.4 cm³/mol. The van der Waals surface area contributed by atoms with Crippen molar-refractivity contribution in [3.63, 3.8) is 0 Å². The number of ether oxygens (including phenoxy) is 2. The number of carbonyl (C=O) groups excluding carboxylic acids is 2. The lowest BCUT2D eigenvalue weighted by molar-refractivity contribution is 0.0121. The van der Waals surface area contributed by atoms with Crippen LogP contribution in [-0.2, 0) is 9.47 Å². The fraction of sp³-hybridized carbons (Fsp3) is 0.562. The van der Waals surface area contributed by atoms with Gasteiger partial charge in [0.25, 0.3) is 0 Å². The minimum Gasteiger partial charge on any atom is -0.464 e. The number of hydrogen-bond donors (Lipinski definition) is 3. The number of nitrogens with zero attached hydrogens (tertiary/aromatic N) is 1. The van der Waals surface area contributed by atoms with E-state index in [1.54, 1.807) is 20.8 Å². The molecule has 0 fully saturated rings. The van der Waals surface area contributed by atoms with Gasteiger partial charge in [0.15, 0.2) is 0 Å². The van der Waals surface area contributed by atoms with Gasteiger partial charge in [0.2, 0.25) is 0 Å². The summed E-state index contributed by atoms with van der Waals surface area (Å²) in [7, 11) is 1.24. The lowest BCUT2D eigenvalue weighted by atomic mass is 10.0. The number of pyridine rings is 1. The standard InChI is InChI=1S/C16H24N2O6/c1-16(2,3)24-15(22)17-8-7-12(19)13(20)10-5-6-11(18-9-10)14(21)23-4/h5-6,9,12-13,19-20H,7-8H2,1-4H3,(H,17,22). The molecule has 0 aromatic carbocycles. The molecule has 8 nitrogen and oxygen atoms in total. The zero-order valence-corrected chi connectivity index (χ0v) is 14.3. The summed E-state index contributed by atoms with van der Waals surface area (Å²) in [5, 5.41) is 22.6. The van der Waals surface area contributed by atoms with Gasteiger partial charge in [-0.05, 0) is 33.3 Å². The Hall–Kier alpha value is -2.19. The summed E-state index contributed by atoms with van der Waals surface area (Å²) in [6.07, 6.45) is -1.47. The van der Waals surface area contributed by atoms with Gasteiger partial charge in [0.05, 0.1) is 13.2 Å². The highest BCUT2D eigenvalue weighted by molar-refractivity contribution is 5.86. The van der Waals surface area contributed by atoms with Crippen molar-refractivity contribution in [2.75, 3.05) is 13.7 Å². The molecule has 1 heterocycles. The van der Waals surface area contributed by atoms with Gasteiger partial charge in [-0.2, -0.15) is 0 Å². The molecule has 134 valence electrons. The quantitative estimate of drug-likeness (QED) is 0.665. The third kappa shape index (κ3) is 6.51. The summed E-state index contributed by atoms with van der Waals surface area (Å²) in [6, 6.07) is 2.88. The van der Waals surface area contributed by atoms with Crippen molar-refractivity contribution >= 4 is 12.1 Å². The van der Waals surface area contributed by atoms with Crippen LogP contribution in [0, 0.1) is 0 Å². The molecule has 0 radical (unpaired) electrons. The summed E-state index contributed by atoms with van der Waals surface area (Å²) in [5.74, 6) is -0.585. The van der Waals surface area contributed by atoms with Gasteiger partial charge >= 0.3 is 12.1 Å². The molecule has 8 heteroatoms. The SMILES string of the molecule is COC(=O)c1ccc(C(O)C(O)CCNC(=O)OC(C)(C)C)cn1. The predicted octanol–water partition coefficient (Wildman–Crippen LogP) is 1.18. The van der Waals surface area contributed by atoms with Gasteiger partial charge in [-0.15, -0.1) is 0 Å². The Morgan fingerprint density at radius 3 is 2.46 bits per heavy atom. The van der Waals surface area contributed by atoms with Crippen LogP contribution in [0.25, 0.3) is 0 Å². The maximum atomic E-state index is 11.5. The summed E-state index contributed by atoms with van der Waals surface area (Å²) < 4.78 is 9.59. The summed E-state index contributed by atoms with van der Waals surface area (Å²) in [4.78, 5) is 26.6. The van der Waals surface area contributed by atoms with Gasteiger partial charge in [0, 0.05) is 18.3 Å². The number of carbonyl (C=O) groups is 2. The number of hydrogen-bond acceptors (Lipinski definition) is 7. The topological polar surface area (TPSA) is 118 Å². The first-order valence-corrected chi connectivity index (χ1v) is 7.51. The molecule has 0 aliphatic rings. The number of alkyl carbamates (subject to hydrolysis) is 1. The number of nitrogens with one attached hydrogen (secondary N) is 1. The number of rotatable bonds is 6. The third-order valence-electron chi connectivity index (χ3n) is 3.00. The molecular weight excluding hydrogens is 316 g/mol. The largest absolute Gasteiger partial charge is 0.464 e. The molecule has 0 bridgehead atoms. The fourth-order valence-electron chi connectivity index (χ4n) is 1.82. The molecule has 0 saturated heterocycles. The zero-order valence-electron chi connectivity index (χ0n) is 14.3. The monoisotopic (exact) mass is 340 g/mol. The average Bonchev–Trinajstić information content (AvgIpc) is 2.51. The molecule has 1 rings (SSSR count). The van der Waals surface area contributed by atoms with E-state index in [1.807, 2.05) is 0 Å². The van der Waals surface area contributed by atoms with E-state index in [1.165, 1.54) is 25.4 Å². The van der Waals surface area contributed by atoms with Crippen LogP contribution in [0.15, 0.2) is 18.3 Å². The summed E-state index contributed by atoms with van der Waals surface area (Å²) in [6.45, 7) is 5.38. The van der Waals surface area contributed by atoms with E-state index < -0.39 is 29.9 Å². The smallest absolute Gasteiger partial charge is 0.407 e. The number of esters is 1. The first-order valence-electron chi connectivity index (χ1n) is 7.51. The Bertz CT molecular complexity index is 553. The van der Waals surface area contributed by atoms with Crippen LogP contribution in [0.1, 0.15) is 49.3 Å². The Kier molecular flexibility index (Phi) is 7.12. The Balaban J connectivity index is 2.48. The van der Waals surface area contributed by atoms with Crippen LogP contribution >= 0.6 is 0 Å². The first kappa shape index (κ1) is 19.9. The normalized spacial score (nSPS) is 13.8. The Morgan fingerprint density at radius 1 is 1.29 bits per heavy atom. The molecule has 24 heavy (non-hydrogen) atoms. The van der Waals surface area contributed by atoms with Gasteiger partial charge in [-0.25, -0.2) is 14.6 Å². The highest BCUT2D eigenvalue weighted by atomic mass is 16.6. The number of amides is 1. The van der Waals surface area contributed by atoms with Crippen molar-refractivity contribution in [3.05, 3.63) is 29.6 Å². The second-order valence-electron chi connectivity index (χ2n) is 6.20. The van der Waals surface area contributed by atoms with Crippen LogP contribution in [0.3, 0.4) is 0 Å². The van der Waals surface area contributed by atoms with Gasteiger partial charge in [-0.3, -0.25) is 0 Å². The molecule has 0 aliphatic heterocycles. The van der Waals surface area contributed by atoms with Crippen molar-refractivity contribution < 1.29 is 29.3 Å². The van der Waals surface area contributed by atoms with E-state index in [0.717, 1.165) is 0 Å². The summed E-state index contributed by atoms with van der Waals surface area (Å²) in [5.41, 5.74) is -0.142. The van der Waals surface area contributed by atoms with Crippen molar-refractivity contribution in [1.82, 2.24) is 10.3 Å². The molecule has 3 N–H and O–H groups in total. The molecule has 1 amide bonds. The van der Waals surface area contributed by atoms with Gasteiger partial charge in [0.1, 0.15) is 17.4 Å². The zero-order chi connectivity index (χ0) is 18.3. The molecule has 0 spiro atoms. The minimum absolute atomic E-state index is 0.106. The lowest BCUT2D eigenvalue weighted by Gasteiger charge is -2.21. The molecule has 1 aromatic heterocycles. The first-order chi connectivity index (χ1) is 11.1. The maximum Gasteiger partial charge on any atom is 0.407 e. The van der Waals surface area contributed by atoms with Crippen LogP contribution in [0.5, 0.6) is 0 Å². The highest BCUT2D eigenvalue weighted by Gasteiger charge is 2.20. The van der Waals surface area contributed by atoms with Crippen molar-refractivity contribution in [2.24, 2.45) is 0 Å². The van der Waals surface area contributed by atoms with Crippen molar-refractivity contribution in [1.29, 1.82) is 0 Å². The van der Waals surface area contributed by atoms with Crippen molar-refractivity contribution in [3.8, 4) is 0 Å². The van der Waals surface area contributed by atoms with Crippen LogP contribution in [0.4, 0.5) is 4.79 Å². The van der Waals surface area contributed by atoms with Gasteiger partial charge in [-0.1, -0.05) is 6.07 Å². The highest BCUT2D eigenvalue weighted by Crippen LogP contribution is 2.18. The Labute approximate surface area is 140 Å². The van der Waals surface area contributed by atoms with E-state index in [0.29, 0.717) is 5.56 Å². The second kappa shape index (κ2) is 8.60. The van der Waals surface area contributed by atoms with Crippen LogP contribution < -0.4 is 5.32 Å². The molecule has 0 saturated carbocycles. The number of aliphatic hydroxyl groups excluding tert-OH is 2. The average molecular weight is 340 g/mol. The van der Waals surface area contributed by atoms with Crippen LogP contribution in [0.2, 0.25) is 0 Å². The van der Waals surface area contributed by atoms with Crippen molar-refractivity contribution in [2.45, 2.75) is 45.0 Å². The molecular formula is C16H24N2O6. The second-order valence-corrected chi connectivity index (χ2v) is 6.20. The fourth-order valence-corrected chi connectivity index (χ4v) is 1.82. The van der Waals surface area contributed by atoms with E-state index >= 15 is 0 Å². The molecule has 2 unspecified atom stereocenters. The molecule has 1 aromatic rings. The van der Waals surface area contributed by atoms with E-state index in [4.69, 9.17) is 4.74 Å². The third-order valence-corrected chi connectivity index (χ3v) is 3.00. The maximum absolute atomic E-state index is 11.5. The Morgan fingerprint density at radius 2 is 1.96 bits per heavy atom. The van der Waals surface area contributed by atoms with Gasteiger partial charge < -0.3 is 25.0 Å². The number of aromatic nitrogens is 1. The van der Waals surface area contributed by atoms with Crippen LogP contribution in [-0.4, -0.2) is 52.6 Å². The lowest BCUT2D eigenvalue weighted by Crippen LogP contribution is -2.34.